The van der Waals surface area contributed by atoms with Crippen molar-refractivity contribution in [1.82, 2.24) is 0 Å². The molecule has 0 N–H and O–H groups in total. The van der Waals surface area contributed by atoms with Crippen molar-refractivity contribution in [3.05, 3.63) is 34.9 Å². The van der Waals surface area contributed by atoms with Crippen molar-refractivity contribution >= 4 is 11.8 Å². The molecule has 0 atom stereocenters. The van der Waals surface area contributed by atoms with Crippen LogP contribution in [0.1, 0.15) is 28.4 Å². The molecular weight excluding hydrogens is 220 g/mol. The van der Waals surface area contributed by atoms with Crippen molar-refractivity contribution in [3.8, 4) is 0 Å². The van der Waals surface area contributed by atoms with Crippen LogP contribution in [0.15, 0.2) is 18.2 Å². The molecule has 1 aromatic rings. The van der Waals surface area contributed by atoms with E-state index in [-0.39, 0.29) is 6.61 Å². The van der Waals surface area contributed by atoms with Gasteiger partial charge in [0.25, 0.3) is 5.78 Å². The summed E-state index contributed by atoms with van der Waals surface area (Å²) in [6.45, 7) is 3.12. The highest BCUT2D eigenvalue weighted by Gasteiger charge is 2.19. The number of esters is 1. The molecule has 1 heterocycles. The number of carbonyl (C=O) groups excluding carboxylic acids is 2. The average Bonchev–Trinajstić information content (AvgIpc) is 2.37. The molecule has 0 amide bonds. The molecule has 0 bridgehead atoms. The van der Waals surface area contributed by atoms with Crippen LogP contribution in [0, 0.1) is 0 Å². The Morgan fingerprint density at radius 3 is 2.94 bits per heavy atom. The molecule has 0 aromatic heterocycles. The van der Waals surface area contributed by atoms with Gasteiger partial charge < -0.3 is 9.47 Å². The summed E-state index contributed by atoms with van der Waals surface area (Å²) in [7, 11) is 0. The first-order valence-electron chi connectivity index (χ1n) is 5.63. The van der Waals surface area contributed by atoms with Crippen molar-refractivity contribution in [1.29, 1.82) is 0 Å². The van der Waals surface area contributed by atoms with Gasteiger partial charge >= 0.3 is 5.97 Å². The molecule has 2 rings (SSSR count). The first-order chi connectivity index (χ1) is 8.22. The molecule has 0 radical (unpaired) electrons. The molecular formula is C13H14O4. The third-order valence-electron chi connectivity index (χ3n) is 2.70. The maximum Gasteiger partial charge on any atom is 0.379 e. The van der Waals surface area contributed by atoms with E-state index in [1.807, 2.05) is 6.07 Å². The second kappa shape index (κ2) is 5.10. The summed E-state index contributed by atoms with van der Waals surface area (Å²) in [5.41, 5.74) is 2.55. The fraction of sp³-hybridized carbons (Fsp3) is 0.385. The Morgan fingerprint density at radius 1 is 1.35 bits per heavy atom. The summed E-state index contributed by atoms with van der Waals surface area (Å²) in [5, 5.41) is 0. The minimum Gasteiger partial charge on any atom is -0.460 e. The number of rotatable bonds is 3. The fourth-order valence-electron chi connectivity index (χ4n) is 1.82. The number of Topliss-reactive ketones (excluding diaryl/α,β-unsaturated/α-hetero) is 1. The lowest BCUT2D eigenvalue weighted by Gasteiger charge is -2.16. The van der Waals surface area contributed by atoms with E-state index in [1.165, 1.54) is 0 Å². The monoisotopic (exact) mass is 234 g/mol. The highest BCUT2D eigenvalue weighted by atomic mass is 16.5. The lowest BCUT2D eigenvalue weighted by Crippen LogP contribution is -2.18. The Kier molecular flexibility index (Phi) is 3.54. The molecule has 1 aromatic carbocycles. The summed E-state index contributed by atoms with van der Waals surface area (Å²) < 4.78 is 9.99. The van der Waals surface area contributed by atoms with Crippen molar-refractivity contribution in [2.45, 2.75) is 20.0 Å². The third kappa shape index (κ3) is 2.53. The number of fused-ring (bicyclic) bond motifs is 1. The zero-order chi connectivity index (χ0) is 12.3. The zero-order valence-electron chi connectivity index (χ0n) is 9.69. The number of hydrogen-bond donors (Lipinski definition) is 0. The molecule has 0 saturated carbocycles. The number of ketones is 1. The third-order valence-corrected chi connectivity index (χ3v) is 2.70. The van der Waals surface area contributed by atoms with Crippen LogP contribution in [0.2, 0.25) is 0 Å². The van der Waals surface area contributed by atoms with Gasteiger partial charge in [0, 0.05) is 5.56 Å². The summed E-state index contributed by atoms with van der Waals surface area (Å²) in [4.78, 5) is 23.0. The van der Waals surface area contributed by atoms with Gasteiger partial charge in [0.2, 0.25) is 0 Å². The normalized spacial score (nSPS) is 13.9. The first-order valence-corrected chi connectivity index (χ1v) is 5.63. The van der Waals surface area contributed by atoms with Crippen LogP contribution in [0.3, 0.4) is 0 Å². The van der Waals surface area contributed by atoms with E-state index in [0.29, 0.717) is 18.8 Å². The van der Waals surface area contributed by atoms with E-state index in [9.17, 15) is 9.59 Å². The predicted molar refractivity (Wildman–Crippen MR) is 60.8 cm³/mol. The Hall–Kier alpha value is -1.68. The van der Waals surface area contributed by atoms with Gasteiger partial charge in [-0.3, -0.25) is 4.79 Å². The van der Waals surface area contributed by atoms with Gasteiger partial charge in [0.1, 0.15) is 0 Å². The molecule has 1 aliphatic rings. The standard InChI is InChI=1S/C13H14O4/c1-2-17-13(15)12(14)10-3-4-11-8-16-6-5-9(11)7-10/h3-4,7H,2,5-6,8H2,1H3. The summed E-state index contributed by atoms with van der Waals surface area (Å²) >= 11 is 0. The van der Waals surface area contributed by atoms with E-state index < -0.39 is 11.8 Å². The first kappa shape index (κ1) is 11.8. The van der Waals surface area contributed by atoms with Crippen molar-refractivity contribution in [3.63, 3.8) is 0 Å². The lowest BCUT2D eigenvalue weighted by molar-refractivity contribution is -0.137. The Bertz CT molecular complexity index is 451. The van der Waals surface area contributed by atoms with Crippen molar-refractivity contribution in [2.75, 3.05) is 13.2 Å². The number of ether oxygens (including phenoxy) is 2. The average molecular weight is 234 g/mol. The molecule has 4 heteroatoms. The van der Waals surface area contributed by atoms with Crippen molar-refractivity contribution in [2.24, 2.45) is 0 Å². The molecule has 0 spiro atoms. The van der Waals surface area contributed by atoms with Crippen LogP contribution in [-0.2, 0) is 27.3 Å². The lowest BCUT2D eigenvalue weighted by atomic mass is 9.98. The van der Waals surface area contributed by atoms with Crippen LogP contribution in [0.25, 0.3) is 0 Å². The summed E-state index contributed by atoms with van der Waals surface area (Å²) in [6.07, 6.45) is 0.777. The minimum atomic E-state index is -0.792. The van der Waals surface area contributed by atoms with Gasteiger partial charge in [0.15, 0.2) is 0 Å². The van der Waals surface area contributed by atoms with E-state index >= 15 is 0 Å². The quantitative estimate of drug-likeness (QED) is 0.452. The molecule has 0 saturated heterocycles. The van der Waals surface area contributed by atoms with Gasteiger partial charge in [-0.2, -0.15) is 0 Å². The van der Waals surface area contributed by atoms with E-state index in [2.05, 4.69) is 4.74 Å². The van der Waals surface area contributed by atoms with E-state index in [4.69, 9.17) is 4.74 Å². The van der Waals surface area contributed by atoms with Crippen LogP contribution >= 0.6 is 0 Å². The Labute approximate surface area is 99.5 Å². The van der Waals surface area contributed by atoms with Crippen LogP contribution < -0.4 is 0 Å². The summed E-state index contributed by atoms with van der Waals surface area (Å²) in [6, 6.07) is 5.24. The highest BCUT2D eigenvalue weighted by molar-refractivity contribution is 6.40. The molecule has 90 valence electrons. The van der Waals surface area contributed by atoms with Gasteiger partial charge in [-0.25, -0.2) is 4.79 Å². The van der Waals surface area contributed by atoms with E-state index in [1.54, 1.807) is 19.1 Å². The Morgan fingerprint density at radius 2 is 2.18 bits per heavy atom. The zero-order valence-corrected chi connectivity index (χ0v) is 9.69. The maximum atomic E-state index is 11.7. The molecule has 0 aliphatic carbocycles. The van der Waals surface area contributed by atoms with Crippen molar-refractivity contribution < 1.29 is 19.1 Å². The fourth-order valence-corrected chi connectivity index (χ4v) is 1.82. The molecule has 17 heavy (non-hydrogen) atoms. The SMILES string of the molecule is CCOC(=O)C(=O)c1ccc2c(c1)CCOC2. The summed E-state index contributed by atoms with van der Waals surface area (Å²) in [5.74, 6) is -1.37. The number of hydrogen-bond acceptors (Lipinski definition) is 4. The largest absolute Gasteiger partial charge is 0.460 e. The van der Waals surface area contributed by atoms with Gasteiger partial charge in [0.05, 0.1) is 19.8 Å². The molecule has 0 unspecified atom stereocenters. The molecule has 1 aliphatic heterocycles. The molecule has 0 fully saturated rings. The van der Waals surface area contributed by atoms with Gasteiger partial charge in [-0.1, -0.05) is 12.1 Å². The smallest absolute Gasteiger partial charge is 0.379 e. The second-order valence-electron chi connectivity index (χ2n) is 3.84. The maximum absolute atomic E-state index is 11.7. The van der Waals surface area contributed by atoms with Gasteiger partial charge in [-0.15, -0.1) is 0 Å². The van der Waals surface area contributed by atoms with E-state index in [0.717, 1.165) is 17.5 Å². The molecule has 4 nitrogen and oxygen atoms in total. The topological polar surface area (TPSA) is 52.6 Å². The Balaban J connectivity index is 2.22. The van der Waals surface area contributed by atoms with Crippen LogP contribution in [-0.4, -0.2) is 25.0 Å². The van der Waals surface area contributed by atoms with Crippen LogP contribution in [0.5, 0.6) is 0 Å². The van der Waals surface area contributed by atoms with Gasteiger partial charge in [-0.05, 0) is 30.5 Å². The van der Waals surface area contributed by atoms with Crippen LogP contribution in [0.4, 0.5) is 0 Å². The number of benzene rings is 1. The minimum absolute atomic E-state index is 0.212. The predicted octanol–water partition coefficient (Wildman–Crippen LogP) is 1.51. The number of carbonyl (C=O) groups is 2. The second-order valence-corrected chi connectivity index (χ2v) is 3.84. The highest BCUT2D eigenvalue weighted by Crippen LogP contribution is 2.18.